The van der Waals surface area contributed by atoms with Crippen LogP contribution in [0.5, 0.6) is 5.75 Å². The Balaban J connectivity index is 2.36. The summed E-state index contributed by atoms with van der Waals surface area (Å²) in [6, 6.07) is 5.68. The third-order valence-electron chi connectivity index (χ3n) is 3.60. The smallest absolute Gasteiger partial charge is 0.404 e. The average Bonchev–Trinajstić information content (AvgIpc) is 2.48. The van der Waals surface area contributed by atoms with Crippen LogP contribution in [0.1, 0.15) is 26.2 Å². The first-order valence-corrected chi connectivity index (χ1v) is 7.30. The maximum atomic E-state index is 12.6. The molecule has 7 heteroatoms. The molecule has 1 aliphatic rings. The molecule has 0 radical (unpaired) electrons. The van der Waals surface area contributed by atoms with Gasteiger partial charge in [0, 0.05) is 12.5 Å². The Hall–Kier alpha value is -1.76. The number of ether oxygens (including phenoxy) is 1. The van der Waals surface area contributed by atoms with Crippen LogP contribution in [-0.2, 0) is 4.79 Å². The maximum Gasteiger partial charge on any atom is 0.573 e. The van der Waals surface area contributed by atoms with Crippen molar-refractivity contribution >= 4 is 11.6 Å². The number of nitrogens with zero attached hydrogens (tertiary/aromatic N) is 1. The maximum absolute atomic E-state index is 12.6. The van der Waals surface area contributed by atoms with Crippen molar-refractivity contribution in [3.8, 4) is 5.75 Å². The van der Waals surface area contributed by atoms with E-state index in [1.165, 1.54) is 23.1 Å². The quantitative estimate of drug-likeness (QED) is 0.928. The summed E-state index contributed by atoms with van der Waals surface area (Å²) in [7, 11) is 0. The molecule has 1 aromatic rings. The van der Waals surface area contributed by atoms with Gasteiger partial charge in [-0.2, -0.15) is 0 Å². The summed E-state index contributed by atoms with van der Waals surface area (Å²) >= 11 is 0. The van der Waals surface area contributed by atoms with Gasteiger partial charge >= 0.3 is 6.36 Å². The van der Waals surface area contributed by atoms with Gasteiger partial charge in [0.05, 0.1) is 5.69 Å². The summed E-state index contributed by atoms with van der Waals surface area (Å²) in [5, 5.41) is 3.18. The lowest BCUT2D eigenvalue weighted by Gasteiger charge is -2.35. The summed E-state index contributed by atoms with van der Waals surface area (Å²) in [5.74, 6) is -0.541. The van der Waals surface area contributed by atoms with Crippen LogP contribution >= 0.6 is 0 Å². The van der Waals surface area contributed by atoms with Crippen LogP contribution in [0, 0.1) is 0 Å². The fourth-order valence-corrected chi connectivity index (χ4v) is 2.64. The van der Waals surface area contributed by atoms with Gasteiger partial charge in [-0.25, -0.2) is 0 Å². The number of anilines is 1. The van der Waals surface area contributed by atoms with Gasteiger partial charge in [-0.15, -0.1) is 13.2 Å². The third kappa shape index (κ3) is 4.13. The minimum absolute atomic E-state index is 0.119. The van der Waals surface area contributed by atoms with Crippen molar-refractivity contribution in [3.05, 3.63) is 24.3 Å². The molecule has 0 bridgehead atoms. The summed E-state index contributed by atoms with van der Waals surface area (Å²) < 4.78 is 41.8. The molecular formula is C15H19F3N2O2. The van der Waals surface area contributed by atoms with Crippen LogP contribution in [-0.4, -0.2) is 31.4 Å². The second kappa shape index (κ2) is 7.00. The Morgan fingerprint density at radius 3 is 2.55 bits per heavy atom. The summed E-state index contributed by atoms with van der Waals surface area (Å²) in [4.78, 5) is 13.8. The topological polar surface area (TPSA) is 41.6 Å². The first kappa shape index (κ1) is 16.6. The summed E-state index contributed by atoms with van der Waals surface area (Å²) in [6.07, 6.45) is -3.16. The molecule has 22 heavy (non-hydrogen) atoms. The molecule has 1 heterocycles. The molecule has 1 amide bonds. The van der Waals surface area contributed by atoms with Crippen LogP contribution in [0.15, 0.2) is 24.3 Å². The number of hydrogen-bond donors (Lipinski definition) is 1. The predicted octanol–water partition coefficient (Wildman–Crippen LogP) is 3.08. The number of piperidine rings is 1. The van der Waals surface area contributed by atoms with Gasteiger partial charge in [-0.3, -0.25) is 4.79 Å². The highest BCUT2D eigenvalue weighted by molar-refractivity contribution is 5.95. The monoisotopic (exact) mass is 316 g/mol. The van der Waals surface area contributed by atoms with Gasteiger partial charge in [-0.1, -0.05) is 19.1 Å². The van der Waals surface area contributed by atoms with E-state index in [0.29, 0.717) is 12.8 Å². The zero-order valence-corrected chi connectivity index (χ0v) is 12.3. The fourth-order valence-electron chi connectivity index (χ4n) is 2.64. The lowest BCUT2D eigenvalue weighted by atomic mass is 10.0. The average molecular weight is 316 g/mol. The molecule has 1 aromatic carbocycles. The zero-order chi connectivity index (χ0) is 16.2. The zero-order valence-electron chi connectivity index (χ0n) is 12.3. The Bertz CT molecular complexity index is 514. The van der Waals surface area contributed by atoms with Crippen LogP contribution in [0.25, 0.3) is 0 Å². The number of rotatable bonds is 4. The predicted molar refractivity (Wildman–Crippen MR) is 76.8 cm³/mol. The number of amides is 1. The number of nitrogens with one attached hydrogen (secondary N) is 1. The molecule has 0 unspecified atom stereocenters. The van der Waals surface area contributed by atoms with Crippen LogP contribution < -0.4 is 15.0 Å². The first-order valence-electron chi connectivity index (χ1n) is 7.30. The Morgan fingerprint density at radius 1 is 1.32 bits per heavy atom. The molecule has 0 saturated carbocycles. The lowest BCUT2D eigenvalue weighted by Crippen LogP contribution is -2.46. The van der Waals surface area contributed by atoms with Gasteiger partial charge in [0.15, 0.2) is 5.75 Å². The second-order valence-corrected chi connectivity index (χ2v) is 5.11. The van der Waals surface area contributed by atoms with E-state index in [1.54, 1.807) is 13.0 Å². The Kier molecular flexibility index (Phi) is 5.28. The molecule has 1 saturated heterocycles. The third-order valence-corrected chi connectivity index (χ3v) is 3.60. The Morgan fingerprint density at radius 2 is 1.95 bits per heavy atom. The van der Waals surface area contributed by atoms with Crippen molar-refractivity contribution < 1.29 is 22.7 Å². The second-order valence-electron chi connectivity index (χ2n) is 5.11. The molecule has 0 aromatic heterocycles. The van der Waals surface area contributed by atoms with E-state index >= 15 is 0 Å². The highest BCUT2D eigenvalue weighted by Gasteiger charge is 2.34. The van der Waals surface area contributed by atoms with Crippen LogP contribution in [0.4, 0.5) is 18.9 Å². The molecule has 1 aliphatic heterocycles. The van der Waals surface area contributed by atoms with Crippen molar-refractivity contribution in [2.24, 2.45) is 0 Å². The summed E-state index contributed by atoms with van der Waals surface area (Å²) in [6.45, 7) is 3.17. The summed E-state index contributed by atoms with van der Waals surface area (Å²) in [5.41, 5.74) is 0.179. The van der Waals surface area contributed by atoms with Crippen molar-refractivity contribution in [3.63, 3.8) is 0 Å². The minimum atomic E-state index is -4.79. The number of carbonyl (C=O) groups excluding carboxylic acids is 1. The number of benzene rings is 1. The highest BCUT2D eigenvalue weighted by atomic mass is 19.4. The molecular weight excluding hydrogens is 297 g/mol. The van der Waals surface area contributed by atoms with E-state index in [1.807, 2.05) is 0 Å². The molecule has 2 rings (SSSR count). The number of carbonyl (C=O) groups is 1. The molecule has 0 atom stereocenters. The van der Waals surface area contributed by atoms with Gasteiger partial charge < -0.3 is 15.0 Å². The van der Waals surface area contributed by atoms with E-state index in [0.717, 1.165) is 13.1 Å². The van der Waals surface area contributed by atoms with Crippen molar-refractivity contribution in [1.29, 1.82) is 0 Å². The van der Waals surface area contributed by atoms with Crippen LogP contribution in [0.3, 0.4) is 0 Å². The van der Waals surface area contributed by atoms with Crippen molar-refractivity contribution in [2.45, 2.75) is 38.6 Å². The fraction of sp³-hybridized carbons (Fsp3) is 0.533. The van der Waals surface area contributed by atoms with E-state index in [4.69, 9.17) is 0 Å². The van der Waals surface area contributed by atoms with Gasteiger partial charge in [-0.05, 0) is 38.1 Å². The molecule has 122 valence electrons. The first-order chi connectivity index (χ1) is 10.4. The van der Waals surface area contributed by atoms with E-state index in [9.17, 15) is 18.0 Å². The molecule has 1 fully saturated rings. The number of alkyl halides is 3. The number of hydrogen-bond acceptors (Lipinski definition) is 3. The van der Waals surface area contributed by atoms with E-state index < -0.39 is 6.36 Å². The standard InChI is InChI=1S/C15H19F3N2O2/c1-2-14(21)20(11-7-9-19-10-8-11)12-5-3-4-6-13(12)22-15(16,17)18/h3-6,11,19H,2,7-10H2,1H3. The lowest BCUT2D eigenvalue weighted by molar-refractivity contribution is -0.274. The van der Waals surface area contributed by atoms with E-state index in [-0.39, 0.29) is 29.8 Å². The van der Waals surface area contributed by atoms with Gasteiger partial charge in [0.1, 0.15) is 0 Å². The van der Waals surface area contributed by atoms with Crippen molar-refractivity contribution in [1.82, 2.24) is 5.32 Å². The minimum Gasteiger partial charge on any atom is -0.404 e. The Labute approximate surface area is 127 Å². The largest absolute Gasteiger partial charge is 0.573 e. The highest BCUT2D eigenvalue weighted by Crippen LogP contribution is 2.35. The molecule has 0 aliphatic carbocycles. The number of para-hydroxylation sites is 2. The normalized spacial score (nSPS) is 16.4. The molecule has 1 N–H and O–H groups in total. The molecule has 0 spiro atoms. The van der Waals surface area contributed by atoms with Crippen molar-refractivity contribution in [2.75, 3.05) is 18.0 Å². The van der Waals surface area contributed by atoms with Gasteiger partial charge in [0.2, 0.25) is 5.91 Å². The van der Waals surface area contributed by atoms with E-state index in [2.05, 4.69) is 10.1 Å². The molecule has 4 nitrogen and oxygen atoms in total. The van der Waals surface area contributed by atoms with Crippen LogP contribution in [0.2, 0.25) is 0 Å². The number of halogens is 3. The SMILES string of the molecule is CCC(=O)N(c1ccccc1OC(F)(F)F)C1CCNCC1. The van der Waals surface area contributed by atoms with Gasteiger partial charge in [0.25, 0.3) is 0 Å².